The largest absolute Gasteiger partial charge is 0.414 e. The number of nitrogens with one attached hydrogen (secondary N) is 1. The molecular formula is C9H6Cl2F3NO2. The fourth-order valence-corrected chi connectivity index (χ4v) is 1.30. The molecule has 1 amide bonds. The molecule has 1 aromatic carbocycles. The van der Waals surface area contributed by atoms with E-state index in [0.29, 0.717) is 0 Å². The Morgan fingerprint density at radius 1 is 1.35 bits per heavy atom. The predicted octanol–water partition coefficient (Wildman–Crippen LogP) is 3.22. The van der Waals surface area contributed by atoms with Crippen LogP contribution in [-0.4, -0.2) is 18.7 Å². The van der Waals surface area contributed by atoms with Crippen molar-refractivity contribution in [3.8, 4) is 0 Å². The lowest BCUT2D eigenvalue weighted by atomic mass is 10.2. The number of hydroxylamine groups is 1. The number of hydrogen-bond donors (Lipinski definition) is 1. The first-order valence-corrected chi connectivity index (χ1v) is 5.00. The Labute approximate surface area is 104 Å². The first kappa shape index (κ1) is 14.1. The Morgan fingerprint density at radius 2 is 2.00 bits per heavy atom. The predicted molar refractivity (Wildman–Crippen MR) is 55.9 cm³/mol. The molecule has 1 rings (SSSR count). The van der Waals surface area contributed by atoms with Gasteiger partial charge in [0.25, 0.3) is 5.91 Å². The average Bonchev–Trinajstić information content (AvgIpc) is 2.20. The SMILES string of the molecule is O=C(NOCC(F)(F)F)c1cccc(Cl)c1Cl. The van der Waals surface area contributed by atoms with Crippen molar-refractivity contribution in [2.75, 3.05) is 6.61 Å². The van der Waals surface area contributed by atoms with Crippen LogP contribution in [-0.2, 0) is 4.84 Å². The molecule has 0 bridgehead atoms. The summed E-state index contributed by atoms with van der Waals surface area (Å²) in [4.78, 5) is 15.3. The molecule has 0 radical (unpaired) electrons. The highest BCUT2D eigenvalue weighted by Gasteiger charge is 2.28. The maximum Gasteiger partial charge on any atom is 0.414 e. The number of rotatable bonds is 3. The highest BCUT2D eigenvalue weighted by molar-refractivity contribution is 6.43. The molecule has 8 heteroatoms. The van der Waals surface area contributed by atoms with Crippen molar-refractivity contribution in [1.82, 2.24) is 5.48 Å². The van der Waals surface area contributed by atoms with Gasteiger partial charge < -0.3 is 0 Å². The van der Waals surface area contributed by atoms with Crippen molar-refractivity contribution >= 4 is 29.1 Å². The van der Waals surface area contributed by atoms with E-state index >= 15 is 0 Å². The second kappa shape index (κ2) is 5.57. The Morgan fingerprint density at radius 3 is 2.59 bits per heavy atom. The van der Waals surface area contributed by atoms with E-state index in [1.54, 1.807) is 5.48 Å². The van der Waals surface area contributed by atoms with E-state index in [1.807, 2.05) is 0 Å². The monoisotopic (exact) mass is 287 g/mol. The number of carbonyl (C=O) groups excluding carboxylic acids is 1. The van der Waals surface area contributed by atoms with Crippen LogP contribution in [0.4, 0.5) is 13.2 Å². The van der Waals surface area contributed by atoms with Crippen LogP contribution in [0.1, 0.15) is 10.4 Å². The van der Waals surface area contributed by atoms with Gasteiger partial charge in [0.05, 0.1) is 15.6 Å². The van der Waals surface area contributed by atoms with Crippen LogP contribution in [0.5, 0.6) is 0 Å². The third kappa shape index (κ3) is 4.41. The molecule has 0 aliphatic heterocycles. The third-order valence-electron chi connectivity index (χ3n) is 1.60. The van der Waals surface area contributed by atoms with Crippen molar-refractivity contribution in [1.29, 1.82) is 0 Å². The quantitative estimate of drug-likeness (QED) is 0.867. The molecule has 0 aliphatic carbocycles. The van der Waals surface area contributed by atoms with Gasteiger partial charge in [-0.3, -0.25) is 9.63 Å². The second-order valence-electron chi connectivity index (χ2n) is 2.94. The lowest BCUT2D eigenvalue weighted by molar-refractivity contribution is -0.184. The fraction of sp³-hybridized carbons (Fsp3) is 0.222. The first-order valence-electron chi connectivity index (χ1n) is 4.24. The zero-order valence-electron chi connectivity index (χ0n) is 8.15. The van der Waals surface area contributed by atoms with Crippen molar-refractivity contribution < 1.29 is 22.8 Å². The molecule has 0 aliphatic rings. The maximum atomic E-state index is 11.7. The summed E-state index contributed by atoms with van der Waals surface area (Å²) in [5.74, 6) is -0.901. The lowest BCUT2D eigenvalue weighted by Crippen LogP contribution is -2.29. The summed E-state index contributed by atoms with van der Waals surface area (Å²) < 4.78 is 35.2. The molecule has 0 saturated carbocycles. The normalized spacial score (nSPS) is 11.4. The smallest absolute Gasteiger partial charge is 0.267 e. The zero-order chi connectivity index (χ0) is 13.1. The van der Waals surface area contributed by atoms with Crippen LogP contribution in [0.3, 0.4) is 0 Å². The summed E-state index contributed by atoms with van der Waals surface area (Å²) in [5.41, 5.74) is 1.55. The molecule has 0 fully saturated rings. The molecule has 0 aromatic heterocycles. The molecule has 0 saturated heterocycles. The van der Waals surface area contributed by atoms with Gasteiger partial charge in [0.1, 0.15) is 0 Å². The molecule has 94 valence electrons. The van der Waals surface area contributed by atoms with Crippen molar-refractivity contribution in [3.05, 3.63) is 33.8 Å². The van der Waals surface area contributed by atoms with Crippen LogP contribution < -0.4 is 5.48 Å². The molecule has 0 atom stereocenters. The topological polar surface area (TPSA) is 38.3 Å². The van der Waals surface area contributed by atoms with Gasteiger partial charge in [0.15, 0.2) is 6.61 Å². The van der Waals surface area contributed by atoms with Gasteiger partial charge >= 0.3 is 6.18 Å². The minimum atomic E-state index is -4.52. The summed E-state index contributed by atoms with van der Waals surface area (Å²) in [5, 5.41) is 0.0670. The van der Waals surface area contributed by atoms with E-state index in [9.17, 15) is 18.0 Å². The molecule has 0 heterocycles. The van der Waals surface area contributed by atoms with Gasteiger partial charge in [0, 0.05) is 0 Å². The third-order valence-corrected chi connectivity index (χ3v) is 2.42. The molecular weight excluding hydrogens is 282 g/mol. The minimum absolute atomic E-state index is 0.0534. The summed E-state index contributed by atoms with van der Waals surface area (Å²) in [7, 11) is 0. The first-order chi connectivity index (χ1) is 7.81. The van der Waals surface area contributed by atoms with Crippen LogP contribution in [0.25, 0.3) is 0 Å². The summed E-state index contributed by atoms with van der Waals surface area (Å²) >= 11 is 11.3. The van der Waals surface area contributed by atoms with Crippen LogP contribution in [0.15, 0.2) is 18.2 Å². The number of amides is 1. The van der Waals surface area contributed by atoms with Crippen LogP contribution in [0.2, 0.25) is 10.0 Å². The van der Waals surface area contributed by atoms with E-state index in [0.717, 1.165) is 0 Å². The highest BCUT2D eigenvalue weighted by atomic mass is 35.5. The molecule has 0 spiro atoms. The Hall–Kier alpha value is -0.980. The number of alkyl halides is 3. The van der Waals surface area contributed by atoms with Gasteiger partial charge in [-0.2, -0.15) is 13.2 Å². The Kier molecular flexibility index (Phi) is 4.62. The lowest BCUT2D eigenvalue weighted by Gasteiger charge is -2.09. The van der Waals surface area contributed by atoms with Gasteiger partial charge in [-0.15, -0.1) is 0 Å². The molecule has 1 aromatic rings. The summed E-state index contributed by atoms with van der Waals surface area (Å²) in [6.45, 7) is -1.59. The van der Waals surface area contributed by atoms with Crippen LogP contribution in [0, 0.1) is 0 Å². The van der Waals surface area contributed by atoms with Gasteiger partial charge in [0.2, 0.25) is 0 Å². The van der Waals surface area contributed by atoms with Gasteiger partial charge in [-0.1, -0.05) is 29.3 Å². The van der Waals surface area contributed by atoms with Crippen molar-refractivity contribution in [3.63, 3.8) is 0 Å². The van der Waals surface area contributed by atoms with E-state index in [2.05, 4.69) is 4.84 Å². The number of halogens is 5. The Balaban J connectivity index is 2.62. The number of benzene rings is 1. The maximum absolute atomic E-state index is 11.7. The van der Waals surface area contributed by atoms with Crippen molar-refractivity contribution in [2.24, 2.45) is 0 Å². The highest BCUT2D eigenvalue weighted by Crippen LogP contribution is 2.25. The number of carbonyl (C=O) groups is 1. The molecule has 1 N–H and O–H groups in total. The number of hydrogen-bond acceptors (Lipinski definition) is 2. The standard InChI is InChI=1S/C9H6Cl2F3NO2/c10-6-3-1-2-5(7(6)11)8(16)15-17-4-9(12,13)14/h1-3H,4H2,(H,15,16). The van der Waals surface area contributed by atoms with Crippen LogP contribution >= 0.6 is 23.2 Å². The minimum Gasteiger partial charge on any atom is -0.267 e. The molecule has 0 unspecified atom stereocenters. The van der Waals surface area contributed by atoms with Gasteiger partial charge in [-0.05, 0) is 12.1 Å². The average molecular weight is 288 g/mol. The summed E-state index contributed by atoms with van der Waals surface area (Å²) in [6, 6.07) is 4.19. The van der Waals surface area contributed by atoms with E-state index < -0.39 is 18.7 Å². The van der Waals surface area contributed by atoms with E-state index in [4.69, 9.17) is 23.2 Å². The molecule has 3 nitrogen and oxygen atoms in total. The zero-order valence-corrected chi connectivity index (χ0v) is 9.66. The molecule has 17 heavy (non-hydrogen) atoms. The fourth-order valence-electron chi connectivity index (χ4n) is 0.918. The second-order valence-corrected chi connectivity index (χ2v) is 3.72. The summed E-state index contributed by atoms with van der Waals surface area (Å²) in [6.07, 6.45) is -4.52. The van der Waals surface area contributed by atoms with E-state index in [1.165, 1.54) is 18.2 Å². The van der Waals surface area contributed by atoms with Gasteiger partial charge in [-0.25, -0.2) is 5.48 Å². The van der Waals surface area contributed by atoms with E-state index in [-0.39, 0.29) is 15.6 Å². The Bertz CT molecular complexity index is 423. The van der Waals surface area contributed by atoms with Crippen molar-refractivity contribution in [2.45, 2.75) is 6.18 Å².